The maximum absolute atomic E-state index is 5.79. The minimum absolute atomic E-state index is 0.519. The molecule has 0 aliphatic heterocycles. The van der Waals surface area contributed by atoms with Gasteiger partial charge in [0.1, 0.15) is 5.15 Å². The van der Waals surface area contributed by atoms with Crippen LogP contribution in [-0.4, -0.2) is 44.3 Å². The molecule has 2 rings (SSSR count). The predicted molar refractivity (Wildman–Crippen MR) is 108 cm³/mol. The predicted octanol–water partition coefficient (Wildman–Crippen LogP) is 3.09. The maximum atomic E-state index is 5.79. The fourth-order valence-corrected chi connectivity index (χ4v) is 2.53. The molecule has 140 valence electrons. The van der Waals surface area contributed by atoms with Crippen molar-refractivity contribution in [3.63, 3.8) is 0 Å². The van der Waals surface area contributed by atoms with Crippen molar-refractivity contribution in [1.82, 2.24) is 15.6 Å². The fraction of sp³-hybridized carbons (Fsp3) is 0.400. The van der Waals surface area contributed by atoms with Crippen LogP contribution in [0, 0.1) is 0 Å². The number of rotatable bonds is 10. The van der Waals surface area contributed by atoms with Gasteiger partial charge in [-0.2, -0.15) is 0 Å². The Kier molecular flexibility index (Phi) is 9.54. The Hall–Kier alpha value is -2.11. The number of hydrogen-bond donors (Lipinski definition) is 2. The third kappa shape index (κ3) is 8.32. The van der Waals surface area contributed by atoms with E-state index in [9.17, 15) is 0 Å². The zero-order chi connectivity index (χ0) is 18.5. The third-order valence-corrected chi connectivity index (χ3v) is 4.08. The van der Waals surface area contributed by atoms with E-state index in [0.717, 1.165) is 57.1 Å². The van der Waals surface area contributed by atoms with Crippen LogP contribution in [-0.2, 0) is 17.6 Å². The zero-order valence-corrected chi connectivity index (χ0v) is 16.0. The van der Waals surface area contributed by atoms with Crippen LogP contribution in [0.15, 0.2) is 53.7 Å². The molecule has 6 heteroatoms. The molecular formula is C20H27ClN4O. The smallest absolute Gasteiger partial charge is 0.190 e. The highest BCUT2D eigenvalue weighted by Gasteiger charge is 1.99. The number of aliphatic imine (C=N–C) groups is 1. The molecule has 0 saturated carbocycles. The Morgan fingerprint density at radius 1 is 1.00 bits per heavy atom. The molecule has 0 aliphatic rings. The molecule has 0 fully saturated rings. The van der Waals surface area contributed by atoms with Gasteiger partial charge in [-0.05, 0) is 36.5 Å². The SMILES string of the molecule is CN=C(NCCCOCCc1ccccc1)NCCc1ccc(Cl)nc1. The van der Waals surface area contributed by atoms with E-state index in [0.29, 0.717) is 5.15 Å². The molecule has 0 unspecified atom stereocenters. The second-order valence-corrected chi connectivity index (χ2v) is 6.25. The first-order chi connectivity index (χ1) is 12.8. The average molecular weight is 375 g/mol. The summed E-state index contributed by atoms with van der Waals surface area (Å²) in [6, 6.07) is 14.2. The molecular weight excluding hydrogens is 348 g/mol. The number of benzene rings is 1. The van der Waals surface area contributed by atoms with Gasteiger partial charge in [0.15, 0.2) is 5.96 Å². The largest absolute Gasteiger partial charge is 0.381 e. The van der Waals surface area contributed by atoms with Crippen molar-refractivity contribution in [1.29, 1.82) is 0 Å². The minimum Gasteiger partial charge on any atom is -0.381 e. The summed E-state index contributed by atoms with van der Waals surface area (Å²) in [6.07, 6.45) is 4.56. The Bertz CT molecular complexity index is 647. The molecule has 1 heterocycles. The lowest BCUT2D eigenvalue weighted by Crippen LogP contribution is -2.39. The van der Waals surface area contributed by atoms with Gasteiger partial charge in [0.25, 0.3) is 0 Å². The zero-order valence-electron chi connectivity index (χ0n) is 15.2. The van der Waals surface area contributed by atoms with Gasteiger partial charge >= 0.3 is 0 Å². The van der Waals surface area contributed by atoms with Gasteiger partial charge in [0.2, 0.25) is 0 Å². The first-order valence-electron chi connectivity index (χ1n) is 8.94. The number of pyridine rings is 1. The molecule has 0 saturated heterocycles. The summed E-state index contributed by atoms with van der Waals surface area (Å²) in [6.45, 7) is 3.11. The number of aromatic nitrogens is 1. The lowest BCUT2D eigenvalue weighted by molar-refractivity contribution is 0.135. The Morgan fingerprint density at radius 3 is 2.54 bits per heavy atom. The summed E-state index contributed by atoms with van der Waals surface area (Å²) in [5, 5.41) is 7.11. The highest BCUT2D eigenvalue weighted by Crippen LogP contribution is 2.05. The fourth-order valence-electron chi connectivity index (χ4n) is 2.42. The molecule has 2 aromatic rings. The molecule has 0 amide bonds. The van der Waals surface area contributed by atoms with Gasteiger partial charge in [-0.15, -0.1) is 0 Å². The van der Waals surface area contributed by atoms with Crippen LogP contribution in [0.2, 0.25) is 5.15 Å². The quantitative estimate of drug-likeness (QED) is 0.290. The maximum Gasteiger partial charge on any atom is 0.190 e. The molecule has 1 aromatic carbocycles. The molecule has 0 aliphatic carbocycles. The molecule has 0 radical (unpaired) electrons. The summed E-state index contributed by atoms with van der Waals surface area (Å²) < 4.78 is 5.68. The lowest BCUT2D eigenvalue weighted by atomic mass is 10.2. The van der Waals surface area contributed by atoms with Gasteiger partial charge in [-0.3, -0.25) is 4.99 Å². The van der Waals surface area contributed by atoms with Crippen LogP contribution in [0.4, 0.5) is 0 Å². The highest BCUT2D eigenvalue weighted by molar-refractivity contribution is 6.29. The van der Waals surface area contributed by atoms with Gasteiger partial charge in [-0.25, -0.2) is 4.98 Å². The van der Waals surface area contributed by atoms with Crippen molar-refractivity contribution in [2.45, 2.75) is 19.3 Å². The van der Waals surface area contributed by atoms with E-state index < -0.39 is 0 Å². The van der Waals surface area contributed by atoms with Crippen LogP contribution in [0.25, 0.3) is 0 Å². The number of nitrogens with zero attached hydrogens (tertiary/aromatic N) is 2. The number of ether oxygens (including phenoxy) is 1. The van der Waals surface area contributed by atoms with Crippen LogP contribution in [0.5, 0.6) is 0 Å². The van der Waals surface area contributed by atoms with Crippen LogP contribution in [0.3, 0.4) is 0 Å². The van der Waals surface area contributed by atoms with E-state index in [1.807, 2.05) is 18.2 Å². The normalized spacial score (nSPS) is 11.4. The standard InChI is InChI=1S/C20H27ClN4O/c1-22-20(24-13-10-18-8-9-19(21)25-16-18)23-12-5-14-26-15-11-17-6-3-2-4-7-17/h2-4,6-9,16H,5,10-15H2,1H3,(H2,22,23,24). The Morgan fingerprint density at radius 2 is 1.81 bits per heavy atom. The summed E-state index contributed by atoms with van der Waals surface area (Å²) in [5.74, 6) is 0.802. The van der Waals surface area contributed by atoms with E-state index in [-0.39, 0.29) is 0 Å². The van der Waals surface area contributed by atoms with Gasteiger partial charge in [-0.1, -0.05) is 48.0 Å². The van der Waals surface area contributed by atoms with Crippen molar-refractivity contribution < 1.29 is 4.74 Å². The van der Waals surface area contributed by atoms with Crippen LogP contribution < -0.4 is 10.6 Å². The molecule has 1 aromatic heterocycles. The van der Waals surface area contributed by atoms with Gasteiger partial charge < -0.3 is 15.4 Å². The second kappa shape index (κ2) is 12.3. The van der Waals surface area contributed by atoms with E-state index in [1.54, 1.807) is 13.2 Å². The topological polar surface area (TPSA) is 58.5 Å². The summed E-state index contributed by atoms with van der Waals surface area (Å²) in [4.78, 5) is 8.30. The molecule has 2 N–H and O–H groups in total. The number of guanidine groups is 1. The van der Waals surface area contributed by atoms with Crippen molar-refractivity contribution >= 4 is 17.6 Å². The average Bonchev–Trinajstić information content (AvgIpc) is 2.68. The molecule has 0 bridgehead atoms. The van der Waals surface area contributed by atoms with E-state index >= 15 is 0 Å². The molecule has 0 spiro atoms. The van der Waals surface area contributed by atoms with E-state index in [4.69, 9.17) is 16.3 Å². The number of nitrogens with one attached hydrogen (secondary N) is 2. The lowest BCUT2D eigenvalue weighted by Gasteiger charge is -2.12. The first kappa shape index (κ1) is 20.2. The van der Waals surface area contributed by atoms with Crippen molar-refractivity contribution in [3.05, 3.63) is 64.9 Å². The van der Waals surface area contributed by atoms with Crippen LogP contribution in [0.1, 0.15) is 17.5 Å². The molecule has 26 heavy (non-hydrogen) atoms. The second-order valence-electron chi connectivity index (χ2n) is 5.87. The highest BCUT2D eigenvalue weighted by atomic mass is 35.5. The van der Waals surface area contributed by atoms with Gasteiger partial charge in [0.05, 0.1) is 6.61 Å². The summed E-state index contributed by atoms with van der Waals surface area (Å²) in [7, 11) is 1.77. The molecule has 5 nitrogen and oxygen atoms in total. The summed E-state index contributed by atoms with van der Waals surface area (Å²) in [5.41, 5.74) is 2.45. The summed E-state index contributed by atoms with van der Waals surface area (Å²) >= 11 is 5.79. The monoisotopic (exact) mass is 374 g/mol. The van der Waals surface area contributed by atoms with Crippen molar-refractivity contribution in [2.75, 3.05) is 33.4 Å². The van der Waals surface area contributed by atoms with Crippen LogP contribution >= 0.6 is 11.6 Å². The van der Waals surface area contributed by atoms with E-state index in [1.165, 1.54) is 5.56 Å². The molecule has 0 atom stereocenters. The van der Waals surface area contributed by atoms with Crippen molar-refractivity contribution in [3.8, 4) is 0 Å². The van der Waals surface area contributed by atoms with Crippen molar-refractivity contribution in [2.24, 2.45) is 4.99 Å². The third-order valence-electron chi connectivity index (χ3n) is 3.85. The van der Waals surface area contributed by atoms with Gasteiger partial charge in [0, 0.05) is 32.9 Å². The Balaban J connectivity index is 1.50. The Labute approximate surface area is 160 Å². The minimum atomic E-state index is 0.519. The van der Waals surface area contributed by atoms with E-state index in [2.05, 4.69) is 44.9 Å². The number of halogens is 1. The first-order valence-corrected chi connectivity index (χ1v) is 9.32. The number of hydrogen-bond acceptors (Lipinski definition) is 3.